The van der Waals surface area contributed by atoms with Crippen LogP contribution in [0, 0.1) is 11.3 Å². The summed E-state index contributed by atoms with van der Waals surface area (Å²) in [6.07, 6.45) is 7.32. The van der Waals surface area contributed by atoms with Crippen molar-refractivity contribution in [2.75, 3.05) is 13.2 Å². The summed E-state index contributed by atoms with van der Waals surface area (Å²) in [6, 6.07) is 19.4. The van der Waals surface area contributed by atoms with E-state index < -0.39 is 5.91 Å². The maximum absolute atomic E-state index is 13.6. The molecule has 4 rings (SSSR count). The first-order valence-electron chi connectivity index (χ1n) is 13.1. The Morgan fingerprint density at radius 2 is 1.71 bits per heavy atom. The summed E-state index contributed by atoms with van der Waals surface area (Å²) in [4.78, 5) is 27.8. The Morgan fingerprint density at radius 3 is 2.37 bits per heavy atom. The van der Waals surface area contributed by atoms with E-state index in [9.17, 15) is 14.9 Å². The molecule has 1 aromatic heterocycles. The first kappa shape index (κ1) is 26.6. The zero-order valence-electron chi connectivity index (χ0n) is 22.1. The van der Waals surface area contributed by atoms with Crippen LogP contribution < -0.4 is 4.74 Å². The minimum absolute atomic E-state index is 0.00408. The SMILES string of the molecule is CCCCCCN1C(=O)C(C#N)=C(C)/C(=C\c2cn(-c3ccccc3)nc2-c2ccc(OCC)cc2)C1=O. The van der Waals surface area contributed by atoms with Gasteiger partial charge in [-0.3, -0.25) is 14.5 Å². The Bertz CT molecular complexity index is 1410. The van der Waals surface area contributed by atoms with Crippen molar-refractivity contribution in [3.05, 3.63) is 83.1 Å². The van der Waals surface area contributed by atoms with Crippen LogP contribution in [0.2, 0.25) is 0 Å². The highest BCUT2D eigenvalue weighted by Gasteiger charge is 2.35. The van der Waals surface area contributed by atoms with Crippen molar-refractivity contribution in [1.82, 2.24) is 14.7 Å². The molecule has 0 bridgehead atoms. The summed E-state index contributed by atoms with van der Waals surface area (Å²) in [7, 11) is 0. The van der Waals surface area contributed by atoms with Gasteiger partial charge in [0.15, 0.2) is 0 Å². The van der Waals surface area contributed by atoms with Gasteiger partial charge in [0.2, 0.25) is 0 Å². The summed E-state index contributed by atoms with van der Waals surface area (Å²) in [5.74, 6) is -0.140. The predicted octanol–water partition coefficient (Wildman–Crippen LogP) is 6.11. The molecule has 1 aliphatic heterocycles. The van der Waals surface area contributed by atoms with Gasteiger partial charge in [0, 0.05) is 29.4 Å². The molecule has 0 aliphatic carbocycles. The molecular formula is C31H32N4O3. The largest absolute Gasteiger partial charge is 0.494 e. The van der Waals surface area contributed by atoms with E-state index in [1.54, 1.807) is 17.7 Å². The molecule has 38 heavy (non-hydrogen) atoms. The standard InChI is InChI=1S/C31H32N4O3/c1-4-6-7-11-18-34-30(36)27(22(3)28(20-32)31(34)37)19-24-21-35(25-12-9-8-10-13-25)33-29(24)23-14-16-26(17-15-23)38-5-2/h8-10,12-17,19,21H,4-7,11,18H2,1-3H3/b27-19+. The van der Waals surface area contributed by atoms with Crippen LogP contribution in [0.4, 0.5) is 0 Å². The summed E-state index contributed by atoms with van der Waals surface area (Å²) in [5, 5.41) is 14.6. The van der Waals surface area contributed by atoms with E-state index in [-0.39, 0.29) is 11.5 Å². The molecule has 7 nitrogen and oxygen atoms in total. The number of imide groups is 1. The van der Waals surface area contributed by atoms with E-state index in [0.717, 1.165) is 36.3 Å². The number of nitrogens with zero attached hydrogens (tertiary/aromatic N) is 4. The number of hydrogen-bond acceptors (Lipinski definition) is 5. The maximum Gasteiger partial charge on any atom is 0.271 e. The molecule has 0 atom stereocenters. The number of aromatic nitrogens is 2. The smallest absolute Gasteiger partial charge is 0.271 e. The first-order valence-corrected chi connectivity index (χ1v) is 13.1. The zero-order valence-corrected chi connectivity index (χ0v) is 22.1. The van der Waals surface area contributed by atoms with Gasteiger partial charge in [0.25, 0.3) is 11.8 Å². The molecule has 0 spiro atoms. The van der Waals surface area contributed by atoms with E-state index in [0.29, 0.717) is 42.0 Å². The molecule has 0 radical (unpaired) electrons. The maximum atomic E-state index is 13.6. The molecule has 194 valence electrons. The zero-order chi connectivity index (χ0) is 27.1. The van der Waals surface area contributed by atoms with E-state index in [2.05, 4.69) is 6.92 Å². The number of rotatable bonds is 10. The predicted molar refractivity (Wildman–Crippen MR) is 147 cm³/mol. The van der Waals surface area contributed by atoms with Crippen molar-refractivity contribution < 1.29 is 14.3 Å². The van der Waals surface area contributed by atoms with Crippen molar-refractivity contribution in [3.8, 4) is 28.8 Å². The molecule has 3 aromatic rings. The number of amides is 2. The van der Waals surface area contributed by atoms with Crippen LogP contribution in [-0.4, -0.2) is 39.6 Å². The summed E-state index contributed by atoms with van der Waals surface area (Å²) in [5.41, 5.74) is 3.83. The average Bonchev–Trinajstić information content (AvgIpc) is 3.36. The van der Waals surface area contributed by atoms with Crippen LogP contribution in [-0.2, 0) is 9.59 Å². The van der Waals surface area contributed by atoms with Crippen molar-refractivity contribution in [3.63, 3.8) is 0 Å². The van der Waals surface area contributed by atoms with Gasteiger partial charge in [-0.15, -0.1) is 0 Å². The Balaban J connectivity index is 1.81. The molecule has 0 saturated carbocycles. The van der Waals surface area contributed by atoms with Crippen LogP contribution in [0.25, 0.3) is 23.0 Å². The van der Waals surface area contributed by atoms with Crippen molar-refractivity contribution >= 4 is 17.9 Å². The number of para-hydroxylation sites is 1. The number of ether oxygens (including phenoxy) is 1. The van der Waals surface area contributed by atoms with Crippen LogP contribution in [0.1, 0.15) is 52.0 Å². The van der Waals surface area contributed by atoms with Gasteiger partial charge < -0.3 is 4.74 Å². The third-order valence-electron chi connectivity index (χ3n) is 6.56. The Labute approximate surface area is 223 Å². The molecule has 2 amide bonds. The van der Waals surface area contributed by atoms with Gasteiger partial charge in [-0.1, -0.05) is 44.4 Å². The Morgan fingerprint density at radius 1 is 0.974 bits per heavy atom. The fourth-order valence-corrected chi connectivity index (χ4v) is 4.49. The highest BCUT2D eigenvalue weighted by Crippen LogP contribution is 2.32. The molecule has 7 heteroatoms. The number of carbonyl (C=O) groups is 2. The average molecular weight is 509 g/mol. The number of benzene rings is 2. The number of nitriles is 1. The number of carbonyl (C=O) groups excluding carboxylic acids is 2. The molecule has 0 unspecified atom stereocenters. The molecule has 1 aliphatic rings. The van der Waals surface area contributed by atoms with Gasteiger partial charge >= 0.3 is 0 Å². The third kappa shape index (κ3) is 5.60. The second kappa shape index (κ2) is 12.2. The highest BCUT2D eigenvalue weighted by atomic mass is 16.5. The number of hydrogen-bond donors (Lipinski definition) is 0. The minimum Gasteiger partial charge on any atom is -0.494 e. The van der Waals surface area contributed by atoms with Crippen LogP contribution in [0.15, 0.2) is 77.5 Å². The van der Waals surface area contributed by atoms with E-state index in [1.807, 2.05) is 73.8 Å². The topological polar surface area (TPSA) is 88.2 Å². The van der Waals surface area contributed by atoms with Gasteiger partial charge in [0.1, 0.15) is 17.4 Å². The van der Waals surface area contributed by atoms with Crippen molar-refractivity contribution in [2.24, 2.45) is 0 Å². The lowest BCUT2D eigenvalue weighted by atomic mass is 9.93. The minimum atomic E-state index is -0.518. The molecule has 2 aromatic carbocycles. The number of unbranched alkanes of at least 4 members (excludes halogenated alkanes) is 3. The second-order valence-corrected chi connectivity index (χ2v) is 9.16. The van der Waals surface area contributed by atoms with Gasteiger partial charge in [-0.2, -0.15) is 10.4 Å². The van der Waals surface area contributed by atoms with Crippen molar-refractivity contribution in [1.29, 1.82) is 5.26 Å². The first-order chi connectivity index (χ1) is 18.5. The summed E-state index contributed by atoms with van der Waals surface area (Å²) < 4.78 is 7.36. The summed E-state index contributed by atoms with van der Waals surface area (Å²) >= 11 is 0. The lowest BCUT2D eigenvalue weighted by molar-refractivity contribution is -0.140. The van der Waals surface area contributed by atoms with Gasteiger partial charge in [0.05, 0.1) is 18.0 Å². The second-order valence-electron chi connectivity index (χ2n) is 9.16. The summed E-state index contributed by atoms with van der Waals surface area (Å²) in [6.45, 7) is 6.57. The molecule has 0 N–H and O–H groups in total. The monoisotopic (exact) mass is 508 g/mol. The van der Waals surface area contributed by atoms with Crippen LogP contribution in [0.3, 0.4) is 0 Å². The fraction of sp³-hybridized carbons (Fsp3) is 0.290. The Kier molecular flexibility index (Phi) is 8.55. The van der Waals surface area contributed by atoms with Crippen LogP contribution >= 0.6 is 0 Å². The lowest BCUT2D eigenvalue weighted by Gasteiger charge is -2.27. The van der Waals surface area contributed by atoms with Crippen molar-refractivity contribution in [2.45, 2.75) is 46.5 Å². The highest BCUT2D eigenvalue weighted by molar-refractivity contribution is 6.19. The molecule has 0 fully saturated rings. The molecule has 0 saturated heterocycles. The van der Waals surface area contributed by atoms with Gasteiger partial charge in [-0.25, -0.2) is 4.68 Å². The normalized spacial score (nSPS) is 14.8. The third-order valence-corrected chi connectivity index (χ3v) is 6.56. The molecular weight excluding hydrogens is 476 g/mol. The Hall–Kier alpha value is -4.44. The fourth-order valence-electron chi connectivity index (χ4n) is 4.49. The van der Waals surface area contributed by atoms with Gasteiger partial charge in [-0.05, 0) is 68.3 Å². The van der Waals surface area contributed by atoms with E-state index in [4.69, 9.17) is 9.84 Å². The quantitative estimate of drug-likeness (QED) is 0.187. The molecule has 2 heterocycles. The van der Waals surface area contributed by atoms with Crippen LogP contribution in [0.5, 0.6) is 5.75 Å². The van der Waals surface area contributed by atoms with E-state index >= 15 is 0 Å². The van der Waals surface area contributed by atoms with E-state index in [1.165, 1.54) is 4.90 Å². The lowest BCUT2D eigenvalue weighted by Crippen LogP contribution is -2.43.